The highest BCUT2D eigenvalue weighted by Crippen LogP contribution is 2.20. The summed E-state index contributed by atoms with van der Waals surface area (Å²) in [5, 5.41) is 5.22. The van der Waals surface area contributed by atoms with E-state index in [1.807, 2.05) is 36.4 Å². The van der Waals surface area contributed by atoms with Crippen LogP contribution < -0.4 is 10.3 Å². The molecule has 0 saturated carbocycles. The number of fused-ring (bicyclic) bond motifs is 1. The Labute approximate surface area is 170 Å². The first-order valence-corrected chi connectivity index (χ1v) is 10.0. The lowest BCUT2D eigenvalue weighted by Gasteiger charge is -2.09. The van der Waals surface area contributed by atoms with Crippen LogP contribution in [0.5, 0.6) is 5.75 Å². The molecule has 7 nitrogen and oxygen atoms in total. The average Bonchev–Trinajstić information content (AvgIpc) is 3.16. The summed E-state index contributed by atoms with van der Waals surface area (Å²) in [5.41, 5.74) is 1.66. The average molecular weight is 406 g/mol. The molecular formula is C21H18N4O3S. The van der Waals surface area contributed by atoms with Crippen LogP contribution in [-0.4, -0.2) is 37.9 Å². The number of ether oxygens (including phenoxy) is 1. The van der Waals surface area contributed by atoms with Gasteiger partial charge >= 0.3 is 0 Å². The molecule has 0 atom stereocenters. The maximum Gasteiger partial charge on any atom is 0.262 e. The van der Waals surface area contributed by atoms with Crippen molar-refractivity contribution in [1.82, 2.24) is 19.7 Å². The van der Waals surface area contributed by atoms with Gasteiger partial charge in [0.1, 0.15) is 11.1 Å². The van der Waals surface area contributed by atoms with E-state index in [0.717, 1.165) is 5.69 Å². The van der Waals surface area contributed by atoms with E-state index in [1.165, 1.54) is 24.9 Å². The van der Waals surface area contributed by atoms with Crippen LogP contribution in [0.15, 0.2) is 70.7 Å². The van der Waals surface area contributed by atoms with Crippen LogP contribution in [0.2, 0.25) is 0 Å². The number of carbonyl (C=O) groups excluding carboxylic acids is 1. The van der Waals surface area contributed by atoms with E-state index < -0.39 is 0 Å². The number of hydrogen-bond donors (Lipinski definition) is 1. The predicted molar refractivity (Wildman–Crippen MR) is 112 cm³/mol. The number of thioether (sulfide) groups is 1. The van der Waals surface area contributed by atoms with Gasteiger partial charge in [0.2, 0.25) is 0 Å². The molecule has 2 heterocycles. The predicted octanol–water partition coefficient (Wildman–Crippen LogP) is 3.48. The standard InChI is InChI=1S/C21H18N4O3S/c1-14(26)16-9-5-6-10-18(16)28-11-12-29-21-23-19-17(20(27)24-21)13-22-25(19)15-7-3-2-4-8-15/h2-10,13H,11-12H2,1H3,(H,23,24,27). The number of nitrogens with one attached hydrogen (secondary N) is 1. The minimum absolute atomic E-state index is 0.0427. The second-order valence-electron chi connectivity index (χ2n) is 6.25. The van der Waals surface area contributed by atoms with Gasteiger partial charge in [-0.05, 0) is 31.2 Å². The Morgan fingerprint density at radius 3 is 2.69 bits per heavy atom. The summed E-state index contributed by atoms with van der Waals surface area (Å²) in [7, 11) is 0. The van der Waals surface area contributed by atoms with E-state index in [0.29, 0.717) is 39.9 Å². The molecule has 29 heavy (non-hydrogen) atoms. The Hall–Kier alpha value is -3.39. The Balaban J connectivity index is 1.49. The topological polar surface area (TPSA) is 89.9 Å². The number of carbonyl (C=O) groups is 1. The highest BCUT2D eigenvalue weighted by Gasteiger charge is 2.12. The van der Waals surface area contributed by atoms with Gasteiger partial charge in [-0.15, -0.1) is 0 Å². The zero-order valence-electron chi connectivity index (χ0n) is 15.7. The minimum atomic E-state index is -0.234. The van der Waals surface area contributed by atoms with Crippen molar-refractivity contribution in [2.45, 2.75) is 12.1 Å². The zero-order chi connectivity index (χ0) is 20.2. The fraction of sp³-hybridized carbons (Fsp3) is 0.143. The SMILES string of the molecule is CC(=O)c1ccccc1OCCSc1nc2c(cnn2-c2ccccc2)c(=O)[nH]1. The first-order chi connectivity index (χ1) is 14.1. The molecule has 0 fully saturated rings. The van der Waals surface area contributed by atoms with E-state index in [2.05, 4.69) is 15.1 Å². The van der Waals surface area contributed by atoms with Gasteiger partial charge in [0.15, 0.2) is 16.6 Å². The number of Topliss-reactive ketones (excluding diaryl/α,β-unsaturated/α-hetero) is 1. The van der Waals surface area contributed by atoms with E-state index in [1.54, 1.807) is 22.9 Å². The van der Waals surface area contributed by atoms with Gasteiger partial charge in [-0.25, -0.2) is 9.67 Å². The molecule has 8 heteroatoms. The summed E-state index contributed by atoms with van der Waals surface area (Å²) < 4.78 is 7.38. The Kier molecular flexibility index (Phi) is 5.44. The molecule has 0 amide bonds. The largest absolute Gasteiger partial charge is 0.492 e. The molecule has 4 rings (SSSR count). The summed E-state index contributed by atoms with van der Waals surface area (Å²) in [5.74, 6) is 1.07. The minimum Gasteiger partial charge on any atom is -0.492 e. The number of aromatic amines is 1. The Morgan fingerprint density at radius 2 is 1.90 bits per heavy atom. The molecule has 0 saturated heterocycles. The molecule has 0 radical (unpaired) electrons. The van der Waals surface area contributed by atoms with Crippen LogP contribution in [0.1, 0.15) is 17.3 Å². The van der Waals surface area contributed by atoms with Crippen molar-refractivity contribution >= 4 is 28.6 Å². The van der Waals surface area contributed by atoms with Gasteiger partial charge < -0.3 is 9.72 Å². The third kappa shape index (κ3) is 4.07. The number of benzene rings is 2. The van der Waals surface area contributed by atoms with Crippen LogP contribution in [0, 0.1) is 0 Å². The molecular weight excluding hydrogens is 388 g/mol. The molecule has 0 aliphatic rings. The maximum absolute atomic E-state index is 12.4. The highest BCUT2D eigenvalue weighted by molar-refractivity contribution is 7.99. The summed E-state index contributed by atoms with van der Waals surface area (Å²) in [6.45, 7) is 1.88. The fourth-order valence-electron chi connectivity index (χ4n) is 2.90. The Bertz CT molecular complexity index is 1220. The number of rotatable bonds is 7. The molecule has 2 aromatic heterocycles. The highest BCUT2D eigenvalue weighted by atomic mass is 32.2. The van der Waals surface area contributed by atoms with E-state index >= 15 is 0 Å². The van der Waals surface area contributed by atoms with Crippen LogP contribution in [0.25, 0.3) is 16.7 Å². The molecule has 0 aliphatic heterocycles. The molecule has 0 bridgehead atoms. The van der Waals surface area contributed by atoms with Crippen molar-refractivity contribution in [1.29, 1.82) is 0 Å². The first-order valence-electron chi connectivity index (χ1n) is 9.02. The van der Waals surface area contributed by atoms with Crippen LogP contribution >= 0.6 is 11.8 Å². The number of aromatic nitrogens is 4. The van der Waals surface area contributed by atoms with Gasteiger partial charge in [0, 0.05) is 5.75 Å². The van der Waals surface area contributed by atoms with Crippen molar-refractivity contribution in [3.63, 3.8) is 0 Å². The molecule has 1 N–H and O–H groups in total. The molecule has 146 valence electrons. The van der Waals surface area contributed by atoms with Crippen molar-refractivity contribution in [2.75, 3.05) is 12.4 Å². The van der Waals surface area contributed by atoms with Crippen molar-refractivity contribution < 1.29 is 9.53 Å². The molecule has 2 aromatic carbocycles. The quantitative estimate of drug-likeness (QED) is 0.219. The number of H-pyrrole nitrogens is 1. The van der Waals surface area contributed by atoms with Crippen molar-refractivity contribution in [2.24, 2.45) is 0 Å². The number of hydrogen-bond acceptors (Lipinski definition) is 6. The monoisotopic (exact) mass is 406 g/mol. The third-order valence-corrected chi connectivity index (χ3v) is 5.10. The van der Waals surface area contributed by atoms with Crippen LogP contribution in [0.4, 0.5) is 0 Å². The zero-order valence-corrected chi connectivity index (χ0v) is 16.5. The number of nitrogens with zero attached hydrogens (tertiary/aromatic N) is 3. The molecule has 0 spiro atoms. The lowest BCUT2D eigenvalue weighted by atomic mass is 10.1. The van der Waals surface area contributed by atoms with Crippen LogP contribution in [0.3, 0.4) is 0 Å². The van der Waals surface area contributed by atoms with E-state index in [4.69, 9.17) is 4.74 Å². The molecule has 0 aliphatic carbocycles. The lowest BCUT2D eigenvalue weighted by Crippen LogP contribution is -2.11. The first kappa shape index (κ1) is 18.9. The van der Waals surface area contributed by atoms with E-state index in [9.17, 15) is 9.59 Å². The maximum atomic E-state index is 12.4. The summed E-state index contributed by atoms with van der Waals surface area (Å²) >= 11 is 1.37. The van der Waals surface area contributed by atoms with Crippen molar-refractivity contribution in [3.05, 3.63) is 76.7 Å². The van der Waals surface area contributed by atoms with Crippen molar-refractivity contribution in [3.8, 4) is 11.4 Å². The summed E-state index contributed by atoms with van der Waals surface area (Å²) in [6.07, 6.45) is 1.52. The normalized spacial score (nSPS) is 10.9. The van der Waals surface area contributed by atoms with Gasteiger partial charge in [0.25, 0.3) is 5.56 Å². The lowest BCUT2D eigenvalue weighted by molar-refractivity contribution is 0.101. The molecule has 0 unspecified atom stereocenters. The van der Waals surface area contributed by atoms with E-state index in [-0.39, 0.29) is 11.3 Å². The second-order valence-corrected chi connectivity index (χ2v) is 7.33. The van der Waals surface area contributed by atoms with Gasteiger partial charge in [-0.2, -0.15) is 5.10 Å². The van der Waals surface area contributed by atoms with Gasteiger partial charge in [-0.1, -0.05) is 42.1 Å². The number of para-hydroxylation sites is 2. The fourth-order valence-corrected chi connectivity index (χ4v) is 3.57. The third-order valence-electron chi connectivity index (χ3n) is 4.26. The second kappa shape index (κ2) is 8.32. The van der Waals surface area contributed by atoms with Gasteiger partial charge in [0.05, 0.1) is 24.1 Å². The summed E-state index contributed by atoms with van der Waals surface area (Å²) in [6, 6.07) is 16.7. The summed E-state index contributed by atoms with van der Waals surface area (Å²) in [4.78, 5) is 31.4. The smallest absolute Gasteiger partial charge is 0.262 e. The number of ketones is 1. The Morgan fingerprint density at radius 1 is 1.14 bits per heavy atom. The van der Waals surface area contributed by atoms with Gasteiger partial charge in [-0.3, -0.25) is 9.59 Å². The molecule has 4 aromatic rings. The van der Waals surface area contributed by atoms with Crippen LogP contribution in [-0.2, 0) is 0 Å².